The zero-order chi connectivity index (χ0) is 11.8. The molecule has 1 heterocycles. The Balaban J connectivity index is 2.33. The van der Waals surface area contributed by atoms with Gasteiger partial charge in [0.25, 0.3) is 0 Å². The molecule has 0 bridgehead atoms. The van der Waals surface area contributed by atoms with Crippen LogP contribution in [0.3, 0.4) is 0 Å². The molecule has 1 aliphatic rings. The second kappa shape index (κ2) is 3.98. The van der Waals surface area contributed by atoms with Gasteiger partial charge in [-0.2, -0.15) is 0 Å². The van der Waals surface area contributed by atoms with Gasteiger partial charge in [-0.3, -0.25) is 4.79 Å². The van der Waals surface area contributed by atoms with Crippen molar-refractivity contribution >= 4 is 23.2 Å². The van der Waals surface area contributed by atoms with E-state index in [0.717, 1.165) is 17.0 Å². The summed E-state index contributed by atoms with van der Waals surface area (Å²) in [4.78, 5) is 11.7. The highest BCUT2D eigenvalue weighted by atomic mass is 35.5. The molecule has 0 fully saturated rings. The van der Waals surface area contributed by atoms with Crippen LogP contribution in [0.25, 0.3) is 0 Å². The summed E-state index contributed by atoms with van der Waals surface area (Å²) in [6.07, 6.45) is 0. The highest BCUT2D eigenvalue weighted by Gasteiger charge is 2.38. The van der Waals surface area contributed by atoms with Gasteiger partial charge in [0.05, 0.1) is 11.3 Å². The van der Waals surface area contributed by atoms with E-state index in [1.54, 1.807) is 0 Å². The van der Waals surface area contributed by atoms with Gasteiger partial charge in [0, 0.05) is 5.69 Å². The normalized spacial score (nSPS) is 16.8. The Kier molecular flexibility index (Phi) is 2.80. The summed E-state index contributed by atoms with van der Waals surface area (Å²) in [5.41, 5.74) is 1.35. The van der Waals surface area contributed by atoms with E-state index in [9.17, 15) is 4.79 Å². The van der Waals surface area contributed by atoms with Crippen LogP contribution in [0.4, 0.5) is 5.69 Å². The molecule has 4 heteroatoms. The van der Waals surface area contributed by atoms with Crippen LogP contribution in [0, 0.1) is 0 Å². The Morgan fingerprint density at radius 3 is 2.88 bits per heavy atom. The largest absolute Gasteiger partial charge is 0.492 e. The van der Waals surface area contributed by atoms with Crippen molar-refractivity contribution in [3.63, 3.8) is 0 Å². The summed E-state index contributed by atoms with van der Waals surface area (Å²) in [5.74, 6) is 1.23. The van der Waals surface area contributed by atoms with E-state index in [0.29, 0.717) is 12.5 Å². The van der Waals surface area contributed by atoms with Crippen molar-refractivity contribution in [3.8, 4) is 5.75 Å². The van der Waals surface area contributed by atoms with Crippen molar-refractivity contribution in [1.29, 1.82) is 0 Å². The second-order valence-corrected chi connectivity index (χ2v) is 4.70. The van der Waals surface area contributed by atoms with E-state index in [2.05, 4.69) is 5.32 Å². The molecular formula is C12H14ClNO2. The molecule has 0 spiro atoms. The number of benzene rings is 1. The molecule has 1 N–H and O–H groups in total. The number of carbonyl (C=O) groups excluding carboxylic acids is 1. The number of hydrogen-bond acceptors (Lipinski definition) is 2. The van der Waals surface area contributed by atoms with Crippen LogP contribution in [0.1, 0.15) is 19.4 Å². The van der Waals surface area contributed by atoms with Crippen LogP contribution < -0.4 is 10.1 Å². The highest BCUT2D eigenvalue weighted by molar-refractivity contribution is 6.18. The van der Waals surface area contributed by atoms with Gasteiger partial charge >= 0.3 is 0 Å². The lowest BCUT2D eigenvalue weighted by molar-refractivity contribution is -0.119. The van der Waals surface area contributed by atoms with Crippen molar-refractivity contribution in [2.24, 2.45) is 0 Å². The first kappa shape index (κ1) is 11.3. The van der Waals surface area contributed by atoms with Crippen molar-refractivity contribution < 1.29 is 9.53 Å². The molecule has 0 atom stereocenters. The number of ether oxygens (including phenoxy) is 1. The van der Waals surface area contributed by atoms with E-state index < -0.39 is 5.41 Å². The minimum Gasteiger partial charge on any atom is -0.492 e. The Hall–Kier alpha value is -1.22. The Bertz CT molecular complexity index is 429. The summed E-state index contributed by atoms with van der Waals surface area (Å²) in [7, 11) is 0. The smallest absolute Gasteiger partial charge is 0.234 e. The maximum Gasteiger partial charge on any atom is 0.234 e. The predicted molar refractivity (Wildman–Crippen MR) is 64.3 cm³/mol. The lowest BCUT2D eigenvalue weighted by Crippen LogP contribution is -2.26. The molecule has 0 saturated heterocycles. The van der Waals surface area contributed by atoms with Gasteiger partial charge in [0.1, 0.15) is 12.4 Å². The molecule has 0 radical (unpaired) electrons. The zero-order valence-electron chi connectivity index (χ0n) is 9.34. The molecule has 0 aromatic heterocycles. The fourth-order valence-corrected chi connectivity index (χ4v) is 1.87. The van der Waals surface area contributed by atoms with Gasteiger partial charge in [0.2, 0.25) is 5.91 Å². The average Bonchev–Trinajstić information content (AvgIpc) is 2.48. The van der Waals surface area contributed by atoms with Gasteiger partial charge in [-0.05, 0) is 37.6 Å². The van der Waals surface area contributed by atoms with Gasteiger partial charge in [0.15, 0.2) is 0 Å². The van der Waals surface area contributed by atoms with E-state index in [4.69, 9.17) is 16.3 Å². The second-order valence-electron chi connectivity index (χ2n) is 4.32. The third-order valence-electron chi connectivity index (χ3n) is 2.83. The summed E-state index contributed by atoms with van der Waals surface area (Å²) in [6.45, 7) is 4.28. The van der Waals surface area contributed by atoms with Crippen molar-refractivity contribution in [1.82, 2.24) is 0 Å². The van der Waals surface area contributed by atoms with Crippen LogP contribution in [-0.2, 0) is 10.2 Å². The molecule has 16 heavy (non-hydrogen) atoms. The minimum atomic E-state index is -0.490. The predicted octanol–water partition coefficient (Wildman–Crippen LogP) is 2.53. The van der Waals surface area contributed by atoms with E-state index in [1.807, 2.05) is 32.0 Å². The van der Waals surface area contributed by atoms with Crippen LogP contribution in [0.2, 0.25) is 0 Å². The average molecular weight is 240 g/mol. The van der Waals surface area contributed by atoms with Crippen LogP contribution in [0.15, 0.2) is 18.2 Å². The zero-order valence-corrected chi connectivity index (χ0v) is 10.1. The summed E-state index contributed by atoms with van der Waals surface area (Å²) in [6, 6.07) is 5.61. The highest BCUT2D eigenvalue weighted by Crippen LogP contribution is 2.39. The fraction of sp³-hybridized carbons (Fsp3) is 0.417. The molecule has 3 nitrogen and oxygen atoms in total. The molecular weight excluding hydrogens is 226 g/mol. The lowest BCUT2D eigenvalue weighted by Gasteiger charge is -2.15. The minimum absolute atomic E-state index is 0.0250. The summed E-state index contributed by atoms with van der Waals surface area (Å²) < 4.78 is 5.44. The number of nitrogens with one attached hydrogen (secondary N) is 1. The van der Waals surface area contributed by atoms with Crippen molar-refractivity contribution in [3.05, 3.63) is 23.8 Å². The Morgan fingerprint density at radius 1 is 1.44 bits per heavy atom. The van der Waals surface area contributed by atoms with Crippen molar-refractivity contribution in [2.75, 3.05) is 17.8 Å². The number of halogens is 1. The molecule has 1 aromatic rings. The first-order valence-electron chi connectivity index (χ1n) is 5.20. The van der Waals surface area contributed by atoms with Crippen molar-refractivity contribution in [2.45, 2.75) is 19.3 Å². The first-order chi connectivity index (χ1) is 7.55. The van der Waals surface area contributed by atoms with Gasteiger partial charge < -0.3 is 10.1 Å². The monoisotopic (exact) mass is 239 g/mol. The third-order valence-corrected chi connectivity index (χ3v) is 2.98. The molecule has 1 amide bonds. The molecule has 1 aliphatic heterocycles. The summed E-state index contributed by atoms with van der Waals surface area (Å²) >= 11 is 5.56. The number of carbonyl (C=O) groups is 1. The number of rotatable bonds is 3. The van der Waals surface area contributed by atoms with Gasteiger partial charge in [-0.1, -0.05) is 0 Å². The number of anilines is 1. The molecule has 2 rings (SSSR count). The van der Waals surface area contributed by atoms with Gasteiger partial charge in [-0.25, -0.2) is 0 Å². The molecule has 86 valence electrons. The Morgan fingerprint density at radius 2 is 2.19 bits per heavy atom. The van der Waals surface area contributed by atoms with Crippen LogP contribution in [0.5, 0.6) is 5.75 Å². The third kappa shape index (κ3) is 1.76. The fourth-order valence-electron chi connectivity index (χ4n) is 1.80. The molecule has 0 unspecified atom stereocenters. The first-order valence-corrected chi connectivity index (χ1v) is 5.74. The Labute approximate surface area is 99.7 Å². The van der Waals surface area contributed by atoms with E-state index in [-0.39, 0.29) is 5.91 Å². The summed E-state index contributed by atoms with van der Waals surface area (Å²) in [5, 5.41) is 2.85. The van der Waals surface area contributed by atoms with Gasteiger partial charge in [-0.15, -0.1) is 11.6 Å². The number of alkyl halides is 1. The number of hydrogen-bond donors (Lipinski definition) is 1. The number of amides is 1. The molecule has 0 saturated carbocycles. The van der Waals surface area contributed by atoms with Crippen LogP contribution in [-0.4, -0.2) is 18.4 Å². The van der Waals surface area contributed by atoms with E-state index >= 15 is 0 Å². The maximum atomic E-state index is 11.7. The standard InChI is InChI=1S/C12H14ClNO2/c1-12(2)9-7-8(16-6-5-13)3-4-10(9)14-11(12)15/h3-4,7H,5-6H2,1-2H3,(H,14,15). The maximum absolute atomic E-state index is 11.7. The number of fused-ring (bicyclic) bond motifs is 1. The van der Waals surface area contributed by atoms with Crippen LogP contribution >= 0.6 is 11.6 Å². The molecule has 1 aromatic carbocycles. The lowest BCUT2D eigenvalue weighted by atomic mass is 9.86. The topological polar surface area (TPSA) is 38.3 Å². The SMILES string of the molecule is CC1(C)C(=O)Nc2ccc(OCCCl)cc21. The quantitative estimate of drug-likeness (QED) is 0.824. The van der Waals surface area contributed by atoms with E-state index in [1.165, 1.54) is 0 Å². The molecule has 0 aliphatic carbocycles.